The zero-order valence-electron chi connectivity index (χ0n) is 11.8. The molecule has 6 heteroatoms. The zero-order chi connectivity index (χ0) is 14.7. The number of nitrogens with two attached hydrogens (primary N) is 1. The van der Waals surface area contributed by atoms with Gasteiger partial charge in [0, 0.05) is 30.4 Å². The number of hydrogen-bond acceptors (Lipinski definition) is 4. The molecule has 1 heterocycles. The van der Waals surface area contributed by atoms with Crippen LogP contribution in [0.4, 0.5) is 11.4 Å². The molecule has 0 saturated carbocycles. The van der Waals surface area contributed by atoms with Gasteiger partial charge in [-0.05, 0) is 38.4 Å². The van der Waals surface area contributed by atoms with Gasteiger partial charge in [-0.25, -0.2) is 0 Å². The van der Waals surface area contributed by atoms with Gasteiger partial charge in [-0.2, -0.15) is 0 Å². The molecule has 1 aromatic carbocycles. The van der Waals surface area contributed by atoms with Crippen molar-refractivity contribution in [1.29, 1.82) is 0 Å². The Labute approximate surface area is 118 Å². The van der Waals surface area contributed by atoms with Crippen molar-refractivity contribution in [3.8, 4) is 0 Å². The molecule has 0 bridgehead atoms. The zero-order valence-corrected chi connectivity index (χ0v) is 11.8. The summed E-state index contributed by atoms with van der Waals surface area (Å²) in [7, 11) is 3.68. The molecular formula is C14H20N4O2. The Morgan fingerprint density at radius 2 is 2.05 bits per heavy atom. The third-order valence-electron chi connectivity index (χ3n) is 3.08. The van der Waals surface area contributed by atoms with E-state index in [2.05, 4.69) is 5.32 Å². The molecule has 1 atom stereocenters. The molecule has 0 aliphatic carbocycles. The van der Waals surface area contributed by atoms with Gasteiger partial charge in [-0.15, -0.1) is 0 Å². The fourth-order valence-corrected chi connectivity index (χ4v) is 2.20. The summed E-state index contributed by atoms with van der Waals surface area (Å²) in [5, 5.41) is 2.80. The summed E-state index contributed by atoms with van der Waals surface area (Å²) < 4.78 is 0. The maximum Gasteiger partial charge on any atom is 0.238 e. The molecule has 2 amide bonds. The van der Waals surface area contributed by atoms with Crippen molar-refractivity contribution in [1.82, 2.24) is 4.90 Å². The van der Waals surface area contributed by atoms with Crippen molar-refractivity contribution >= 4 is 23.2 Å². The van der Waals surface area contributed by atoms with Gasteiger partial charge in [0.05, 0.1) is 6.54 Å². The van der Waals surface area contributed by atoms with E-state index in [-0.39, 0.29) is 17.9 Å². The van der Waals surface area contributed by atoms with Crippen molar-refractivity contribution in [3.63, 3.8) is 0 Å². The van der Waals surface area contributed by atoms with Gasteiger partial charge in [0.15, 0.2) is 0 Å². The van der Waals surface area contributed by atoms with Crippen LogP contribution in [-0.4, -0.2) is 49.9 Å². The monoisotopic (exact) mass is 276 g/mol. The van der Waals surface area contributed by atoms with Crippen LogP contribution in [-0.2, 0) is 9.59 Å². The Morgan fingerprint density at radius 3 is 2.55 bits per heavy atom. The van der Waals surface area contributed by atoms with E-state index in [1.807, 2.05) is 26.2 Å². The Balaban J connectivity index is 2.00. The highest BCUT2D eigenvalue weighted by molar-refractivity contribution is 5.97. The Hall–Kier alpha value is -1.92. The summed E-state index contributed by atoms with van der Waals surface area (Å²) in [6.07, 6.45) is 0.390. The largest absolute Gasteiger partial charge is 0.326 e. The molecule has 1 aromatic rings. The predicted molar refractivity (Wildman–Crippen MR) is 78.6 cm³/mol. The molecule has 3 N–H and O–H groups in total. The third-order valence-corrected chi connectivity index (χ3v) is 3.08. The van der Waals surface area contributed by atoms with E-state index in [4.69, 9.17) is 5.73 Å². The first-order valence-electron chi connectivity index (χ1n) is 6.56. The molecule has 1 fully saturated rings. The first kappa shape index (κ1) is 14.5. The molecule has 1 aliphatic rings. The van der Waals surface area contributed by atoms with E-state index in [9.17, 15) is 9.59 Å². The maximum atomic E-state index is 11.7. The lowest BCUT2D eigenvalue weighted by molar-refractivity contribution is -0.117. The predicted octanol–water partition coefficient (Wildman–Crippen LogP) is 0.251. The van der Waals surface area contributed by atoms with Gasteiger partial charge in [0.1, 0.15) is 0 Å². The average molecular weight is 276 g/mol. The Morgan fingerprint density at radius 1 is 1.40 bits per heavy atom. The minimum atomic E-state index is -0.0954. The normalized spacial score (nSPS) is 18.7. The van der Waals surface area contributed by atoms with Crippen LogP contribution in [0.1, 0.15) is 6.42 Å². The molecule has 20 heavy (non-hydrogen) atoms. The van der Waals surface area contributed by atoms with Crippen LogP contribution in [0.2, 0.25) is 0 Å². The van der Waals surface area contributed by atoms with Crippen LogP contribution in [0.3, 0.4) is 0 Å². The van der Waals surface area contributed by atoms with Crippen molar-refractivity contribution in [2.24, 2.45) is 5.73 Å². The van der Waals surface area contributed by atoms with Crippen LogP contribution < -0.4 is 16.0 Å². The summed E-state index contributed by atoms with van der Waals surface area (Å²) in [5.41, 5.74) is 7.30. The highest BCUT2D eigenvalue weighted by Gasteiger charge is 2.27. The quantitative estimate of drug-likeness (QED) is 0.826. The lowest BCUT2D eigenvalue weighted by atomic mass is 10.2. The van der Waals surface area contributed by atoms with Crippen molar-refractivity contribution < 1.29 is 9.59 Å². The second-order valence-electron chi connectivity index (χ2n) is 5.30. The number of nitrogens with zero attached hydrogens (tertiary/aromatic N) is 2. The molecule has 2 rings (SSSR count). The van der Waals surface area contributed by atoms with Gasteiger partial charge >= 0.3 is 0 Å². The van der Waals surface area contributed by atoms with E-state index in [0.29, 0.717) is 19.5 Å². The minimum Gasteiger partial charge on any atom is -0.326 e. The highest BCUT2D eigenvalue weighted by Crippen LogP contribution is 2.22. The summed E-state index contributed by atoms with van der Waals surface area (Å²) >= 11 is 0. The number of hydrogen-bond donors (Lipinski definition) is 2. The van der Waals surface area contributed by atoms with Crippen molar-refractivity contribution in [2.45, 2.75) is 12.5 Å². The van der Waals surface area contributed by atoms with E-state index >= 15 is 0 Å². The number of likely N-dealkylation sites (N-methyl/N-ethyl adjacent to an activating group) is 1. The summed E-state index contributed by atoms with van der Waals surface area (Å²) in [6, 6.07) is 7.13. The van der Waals surface area contributed by atoms with Gasteiger partial charge in [-0.1, -0.05) is 0 Å². The second-order valence-corrected chi connectivity index (χ2v) is 5.30. The molecule has 108 valence electrons. The number of carbonyl (C=O) groups is 2. The molecule has 1 saturated heterocycles. The van der Waals surface area contributed by atoms with Gasteiger partial charge in [0.2, 0.25) is 11.8 Å². The fourth-order valence-electron chi connectivity index (χ4n) is 2.20. The van der Waals surface area contributed by atoms with E-state index < -0.39 is 0 Å². The molecule has 1 unspecified atom stereocenters. The number of carbonyl (C=O) groups excluding carboxylic acids is 2. The first-order chi connectivity index (χ1) is 9.45. The average Bonchev–Trinajstić information content (AvgIpc) is 2.68. The molecule has 0 spiro atoms. The van der Waals surface area contributed by atoms with Gasteiger partial charge < -0.3 is 20.9 Å². The fraction of sp³-hybridized carbons (Fsp3) is 0.429. The van der Waals surface area contributed by atoms with Crippen LogP contribution in [0, 0.1) is 0 Å². The molecule has 6 nitrogen and oxygen atoms in total. The first-order valence-corrected chi connectivity index (χ1v) is 6.56. The lowest BCUT2D eigenvalue weighted by Gasteiger charge is -2.17. The van der Waals surface area contributed by atoms with Crippen LogP contribution in [0.25, 0.3) is 0 Å². The summed E-state index contributed by atoms with van der Waals surface area (Å²) in [5.74, 6) is -0.0242. The van der Waals surface area contributed by atoms with E-state index in [1.165, 1.54) is 0 Å². The number of amides is 2. The van der Waals surface area contributed by atoms with E-state index in [1.54, 1.807) is 21.9 Å². The molecule has 0 radical (unpaired) electrons. The van der Waals surface area contributed by atoms with Crippen LogP contribution in [0.5, 0.6) is 0 Å². The second kappa shape index (κ2) is 6.02. The van der Waals surface area contributed by atoms with Crippen molar-refractivity contribution in [2.75, 3.05) is 37.4 Å². The number of anilines is 2. The van der Waals surface area contributed by atoms with Gasteiger partial charge in [0.25, 0.3) is 0 Å². The smallest absolute Gasteiger partial charge is 0.238 e. The number of nitrogens with one attached hydrogen (secondary N) is 1. The minimum absolute atomic E-state index is 0.0434. The van der Waals surface area contributed by atoms with Crippen LogP contribution >= 0.6 is 0 Å². The topological polar surface area (TPSA) is 78.7 Å². The number of benzene rings is 1. The lowest BCUT2D eigenvalue weighted by Crippen LogP contribution is -2.28. The standard InChI is InChI=1S/C14H20N4O2/c1-17(2)9-13(19)16-11-3-5-12(6-4-11)18-8-10(15)7-14(18)20/h3-6,10H,7-9,15H2,1-2H3,(H,16,19). The van der Waals surface area contributed by atoms with E-state index in [0.717, 1.165) is 11.4 Å². The molecule has 0 aromatic heterocycles. The molecule has 1 aliphatic heterocycles. The third kappa shape index (κ3) is 3.55. The highest BCUT2D eigenvalue weighted by atomic mass is 16.2. The maximum absolute atomic E-state index is 11.7. The Bertz CT molecular complexity index is 498. The Kier molecular flexibility index (Phi) is 4.36. The van der Waals surface area contributed by atoms with Gasteiger partial charge in [-0.3, -0.25) is 9.59 Å². The SMILES string of the molecule is CN(C)CC(=O)Nc1ccc(N2CC(N)CC2=O)cc1. The van der Waals surface area contributed by atoms with Crippen LogP contribution in [0.15, 0.2) is 24.3 Å². The van der Waals surface area contributed by atoms with Crippen molar-refractivity contribution in [3.05, 3.63) is 24.3 Å². The number of rotatable bonds is 4. The molecular weight excluding hydrogens is 256 g/mol. The summed E-state index contributed by atoms with van der Waals surface area (Å²) in [4.78, 5) is 26.8. The summed E-state index contributed by atoms with van der Waals surface area (Å²) in [6.45, 7) is 0.881.